The van der Waals surface area contributed by atoms with Gasteiger partial charge >= 0.3 is 0 Å². The van der Waals surface area contributed by atoms with Crippen molar-refractivity contribution in [3.05, 3.63) is 90.1 Å². The van der Waals surface area contributed by atoms with Crippen molar-refractivity contribution in [2.75, 3.05) is 19.0 Å². The molecule has 166 valence electrons. The molecule has 1 N–H and O–H groups in total. The first-order chi connectivity index (χ1) is 16.2. The summed E-state index contributed by atoms with van der Waals surface area (Å²) in [5.41, 5.74) is 2.07. The number of carbonyl (C=O) groups excluding carboxylic acids is 2. The summed E-state index contributed by atoms with van der Waals surface area (Å²) in [4.78, 5) is 37.1. The molecule has 1 aromatic carbocycles. The van der Waals surface area contributed by atoms with E-state index in [9.17, 15) is 9.59 Å². The molecule has 1 aliphatic heterocycles. The fraction of sp³-hybridized carbons (Fsp3) is 0.200. The lowest BCUT2D eigenvalue weighted by molar-refractivity contribution is 0.0729. The third kappa shape index (κ3) is 3.80. The van der Waals surface area contributed by atoms with Crippen LogP contribution >= 0.6 is 0 Å². The van der Waals surface area contributed by atoms with Gasteiger partial charge in [0.2, 0.25) is 5.88 Å². The highest BCUT2D eigenvalue weighted by molar-refractivity contribution is 6.08. The standard InChI is InChI=1S/C25H23N5O3/c1-33-24-18(11-7-14-26-24)27-23(31)21-19-12-5-6-15-29(19)22(28-21)20-13-8-16-30(20)25(32)17-9-3-2-4-10-17/h2-7,9-12,14-15,20H,8,13,16H2,1H3,(H,27,31)/t20-/m0/s1. The lowest BCUT2D eigenvalue weighted by Gasteiger charge is -2.24. The van der Waals surface area contributed by atoms with Crippen LogP contribution in [0.3, 0.4) is 0 Å². The topological polar surface area (TPSA) is 88.8 Å². The van der Waals surface area contributed by atoms with Crippen molar-refractivity contribution in [2.45, 2.75) is 18.9 Å². The van der Waals surface area contributed by atoms with Crippen LogP contribution in [0.1, 0.15) is 45.6 Å². The highest BCUT2D eigenvalue weighted by atomic mass is 16.5. The van der Waals surface area contributed by atoms with Crippen molar-refractivity contribution in [2.24, 2.45) is 0 Å². The fourth-order valence-electron chi connectivity index (χ4n) is 4.32. The Morgan fingerprint density at radius 1 is 1.06 bits per heavy atom. The molecule has 1 atom stereocenters. The summed E-state index contributed by atoms with van der Waals surface area (Å²) < 4.78 is 7.14. The van der Waals surface area contributed by atoms with E-state index in [1.807, 2.05) is 64.0 Å². The highest BCUT2D eigenvalue weighted by Gasteiger charge is 2.34. The number of hydrogen-bond acceptors (Lipinski definition) is 5. The summed E-state index contributed by atoms with van der Waals surface area (Å²) in [5.74, 6) is 0.604. The number of nitrogens with zero attached hydrogens (tertiary/aromatic N) is 4. The Morgan fingerprint density at radius 3 is 2.70 bits per heavy atom. The number of methoxy groups -OCH3 is 1. The van der Waals surface area contributed by atoms with Crippen LogP contribution in [-0.4, -0.2) is 44.7 Å². The molecular weight excluding hydrogens is 418 g/mol. The van der Waals surface area contributed by atoms with Crippen LogP contribution in [0.2, 0.25) is 0 Å². The number of carbonyl (C=O) groups is 2. The van der Waals surface area contributed by atoms with Gasteiger partial charge in [0.1, 0.15) is 11.5 Å². The maximum absolute atomic E-state index is 13.2. The van der Waals surface area contributed by atoms with Crippen molar-refractivity contribution >= 4 is 23.0 Å². The Kier molecular flexibility index (Phi) is 5.48. The van der Waals surface area contributed by atoms with Gasteiger partial charge in [-0.25, -0.2) is 9.97 Å². The van der Waals surface area contributed by atoms with E-state index >= 15 is 0 Å². The normalized spacial score (nSPS) is 15.5. The van der Waals surface area contributed by atoms with Gasteiger partial charge in [-0.3, -0.25) is 9.59 Å². The number of imidazole rings is 1. The molecule has 4 heterocycles. The van der Waals surface area contributed by atoms with Gasteiger partial charge in [0.05, 0.1) is 18.7 Å². The predicted molar refractivity (Wildman–Crippen MR) is 123 cm³/mol. The summed E-state index contributed by atoms with van der Waals surface area (Å²) in [7, 11) is 1.50. The maximum Gasteiger partial charge on any atom is 0.276 e. The number of aromatic nitrogens is 3. The molecule has 2 amide bonds. The zero-order valence-corrected chi connectivity index (χ0v) is 18.1. The van der Waals surface area contributed by atoms with E-state index in [0.717, 1.165) is 12.8 Å². The van der Waals surface area contributed by atoms with E-state index in [2.05, 4.69) is 10.3 Å². The van der Waals surface area contributed by atoms with Crippen LogP contribution < -0.4 is 10.1 Å². The number of ether oxygens (including phenoxy) is 1. The molecule has 1 fully saturated rings. The first kappa shape index (κ1) is 20.7. The van der Waals surface area contributed by atoms with Gasteiger partial charge in [0, 0.05) is 24.5 Å². The van der Waals surface area contributed by atoms with Crippen LogP contribution in [0.4, 0.5) is 5.69 Å². The van der Waals surface area contributed by atoms with Gasteiger partial charge in [0.15, 0.2) is 5.69 Å². The van der Waals surface area contributed by atoms with Crippen molar-refractivity contribution < 1.29 is 14.3 Å². The number of amides is 2. The molecule has 0 bridgehead atoms. The third-order valence-corrected chi connectivity index (χ3v) is 5.84. The van der Waals surface area contributed by atoms with Crippen LogP contribution in [0.5, 0.6) is 5.88 Å². The van der Waals surface area contributed by atoms with Gasteiger partial charge in [-0.15, -0.1) is 0 Å². The van der Waals surface area contributed by atoms with E-state index < -0.39 is 0 Å². The number of fused-ring (bicyclic) bond motifs is 1. The smallest absolute Gasteiger partial charge is 0.276 e. The minimum Gasteiger partial charge on any atom is -0.480 e. The highest BCUT2D eigenvalue weighted by Crippen LogP contribution is 2.34. The number of nitrogens with one attached hydrogen (secondary N) is 1. The van der Waals surface area contributed by atoms with E-state index in [1.165, 1.54) is 7.11 Å². The molecule has 3 aromatic heterocycles. The predicted octanol–water partition coefficient (Wildman–Crippen LogP) is 3.97. The number of hydrogen-bond donors (Lipinski definition) is 1. The number of benzene rings is 1. The number of likely N-dealkylation sites (tertiary alicyclic amines) is 1. The van der Waals surface area contributed by atoms with Gasteiger partial charge in [0.25, 0.3) is 11.8 Å². The molecule has 4 aromatic rings. The molecule has 1 aliphatic rings. The Morgan fingerprint density at radius 2 is 1.88 bits per heavy atom. The van der Waals surface area contributed by atoms with Crippen molar-refractivity contribution in [1.29, 1.82) is 0 Å². The van der Waals surface area contributed by atoms with Gasteiger partial charge in [-0.2, -0.15) is 0 Å². The van der Waals surface area contributed by atoms with Crippen molar-refractivity contribution in [3.63, 3.8) is 0 Å². The maximum atomic E-state index is 13.2. The van der Waals surface area contributed by atoms with E-state index in [4.69, 9.17) is 9.72 Å². The van der Waals surface area contributed by atoms with Crippen molar-refractivity contribution in [3.8, 4) is 5.88 Å². The Labute approximate surface area is 190 Å². The largest absolute Gasteiger partial charge is 0.480 e. The Bertz CT molecular complexity index is 1320. The molecule has 33 heavy (non-hydrogen) atoms. The first-order valence-corrected chi connectivity index (χ1v) is 10.8. The number of rotatable bonds is 5. The quantitative estimate of drug-likeness (QED) is 0.506. The second kappa shape index (κ2) is 8.74. The molecule has 8 nitrogen and oxygen atoms in total. The molecule has 0 radical (unpaired) electrons. The molecule has 0 unspecified atom stereocenters. The lowest BCUT2D eigenvalue weighted by Crippen LogP contribution is -2.31. The fourth-order valence-corrected chi connectivity index (χ4v) is 4.32. The van der Waals surface area contributed by atoms with Gasteiger partial charge in [-0.1, -0.05) is 24.3 Å². The molecule has 5 rings (SSSR count). The van der Waals surface area contributed by atoms with Crippen LogP contribution in [0.15, 0.2) is 73.1 Å². The summed E-state index contributed by atoms with van der Waals surface area (Å²) in [6, 6.07) is 18.1. The summed E-state index contributed by atoms with van der Waals surface area (Å²) in [5, 5.41) is 2.85. The molecule has 0 spiro atoms. The second-order valence-corrected chi connectivity index (χ2v) is 7.81. The Hall–Kier alpha value is -4.20. The van der Waals surface area contributed by atoms with E-state index in [-0.39, 0.29) is 23.6 Å². The monoisotopic (exact) mass is 441 g/mol. The average Bonchev–Trinajstić information content (AvgIpc) is 3.49. The Balaban J connectivity index is 1.51. The number of pyridine rings is 2. The zero-order valence-electron chi connectivity index (χ0n) is 18.1. The average molecular weight is 441 g/mol. The van der Waals surface area contributed by atoms with Gasteiger partial charge < -0.3 is 19.4 Å². The first-order valence-electron chi connectivity index (χ1n) is 10.8. The lowest BCUT2D eigenvalue weighted by atomic mass is 10.1. The van der Waals surface area contributed by atoms with E-state index in [1.54, 1.807) is 18.3 Å². The molecule has 1 saturated heterocycles. The van der Waals surface area contributed by atoms with Crippen LogP contribution in [0, 0.1) is 0 Å². The second-order valence-electron chi connectivity index (χ2n) is 7.81. The van der Waals surface area contributed by atoms with Gasteiger partial charge in [-0.05, 0) is 49.2 Å². The molecule has 8 heteroatoms. The zero-order chi connectivity index (χ0) is 22.8. The van der Waals surface area contributed by atoms with Crippen molar-refractivity contribution in [1.82, 2.24) is 19.3 Å². The molecular formula is C25H23N5O3. The summed E-state index contributed by atoms with van der Waals surface area (Å²) >= 11 is 0. The minimum absolute atomic E-state index is 0.0307. The third-order valence-electron chi connectivity index (χ3n) is 5.84. The molecule has 0 aliphatic carbocycles. The van der Waals surface area contributed by atoms with Crippen LogP contribution in [0.25, 0.3) is 5.52 Å². The van der Waals surface area contributed by atoms with Crippen LogP contribution in [-0.2, 0) is 0 Å². The SMILES string of the molecule is COc1ncccc1NC(=O)c1nc([C@@H]2CCCN2C(=O)c2ccccc2)n2ccccc12. The minimum atomic E-state index is -0.366. The number of anilines is 1. The summed E-state index contributed by atoms with van der Waals surface area (Å²) in [6.07, 6.45) is 5.13. The summed E-state index contributed by atoms with van der Waals surface area (Å²) in [6.45, 7) is 0.647. The van der Waals surface area contributed by atoms with E-state index in [0.29, 0.717) is 35.0 Å². The molecule has 0 saturated carbocycles.